The molecule has 32 heavy (non-hydrogen) atoms. The molecule has 182 valence electrons. The number of rotatable bonds is 7. The molecule has 1 aromatic rings. The first-order chi connectivity index (χ1) is 14.9. The summed E-state index contributed by atoms with van der Waals surface area (Å²) in [4.78, 5) is 5.62. The summed E-state index contributed by atoms with van der Waals surface area (Å²) in [6, 6.07) is 4.19. The molecule has 1 saturated heterocycles. The van der Waals surface area contributed by atoms with Crippen molar-refractivity contribution in [2.45, 2.75) is 102 Å². The van der Waals surface area contributed by atoms with E-state index in [-0.39, 0.29) is 28.8 Å². The Morgan fingerprint density at radius 1 is 1.03 bits per heavy atom. The fourth-order valence-corrected chi connectivity index (χ4v) is 5.92. The van der Waals surface area contributed by atoms with Crippen LogP contribution in [-0.2, 0) is 9.57 Å². The summed E-state index contributed by atoms with van der Waals surface area (Å²) in [7, 11) is 1.65. The van der Waals surface area contributed by atoms with Gasteiger partial charge in [0.1, 0.15) is 11.6 Å². The lowest BCUT2D eigenvalue weighted by atomic mass is 9.72. The number of nitrogens with zero attached hydrogens (tertiary/aromatic N) is 1. The zero-order chi connectivity index (χ0) is 23.7. The van der Waals surface area contributed by atoms with Crippen LogP contribution in [0.25, 0.3) is 0 Å². The Labute approximate surface area is 190 Å². The third-order valence-electron chi connectivity index (χ3n) is 6.99. The maximum atomic E-state index is 15.1. The van der Waals surface area contributed by atoms with Crippen LogP contribution in [0.4, 0.5) is 13.2 Å². The van der Waals surface area contributed by atoms with Gasteiger partial charge in [-0.15, -0.1) is 0 Å². The molecule has 0 spiro atoms. The SMILES string of the molecule is CCOC1CCC(C(F)(F)Oc2ccc(C3CC(C)(C)N(OC)C(C)(C)C3)c(F)c2)CC1. The van der Waals surface area contributed by atoms with Crippen LogP contribution in [0.5, 0.6) is 5.75 Å². The van der Waals surface area contributed by atoms with Crippen LogP contribution in [0.3, 0.4) is 0 Å². The lowest BCUT2D eigenvalue weighted by Gasteiger charge is -2.53. The van der Waals surface area contributed by atoms with Crippen LogP contribution >= 0.6 is 0 Å². The quantitative estimate of drug-likeness (QED) is 0.456. The average Bonchev–Trinajstić information content (AvgIpc) is 2.67. The van der Waals surface area contributed by atoms with Crippen molar-refractivity contribution in [2.75, 3.05) is 13.7 Å². The van der Waals surface area contributed by atoms with Gasteiger partial charge in [-0.2, -0.15) is 13.8 Å². The van der Waals surface area contributed by atoms with Gasteiger partial charge in [0.15, 0.2) is 0 Å². The normalized spacial score (nSPS) is 26.8. The minimum absolute atomic E-state index is 0.0433. The van der Waals surface area contributed by atoms with E-state index in [2.05, 4.69) is 27.7 Å². The van der Waals surface area contributed by atoms with Crippen LogP contribution < -0.4 is 4.74 Å². The van der Waals surface area contributed by atoms with Crippen molar-refractivity contribution in [1.82, 2.24) is 5.06 Å². The van der Waals surface area contributed by atoms with E-state index in [1.807, 2.05) is 12.0 Å². The zero-order valence-corrected chi connectivity index (χ0v) is 20.2. The number of ether oxygens (including phenoxy) is 2. The molecule has 0 unspecified atom stereocenters. The summed E-state index contributed by atoms with van der Waals surface area (Å²) in [6.07, 6.45) is -0.0458. The molecule has 2 fully saturated rings. The summed E-state index contributed by atoms with van der Waals surface area (Å²) in [5, 5.41) is 1.96. The Morgan fingerprint density at radius 3 is 2.12 bits per heavy atom. The lowest BCUT2D eigenvalue weighted by Crippen LogP contribution is -2.59. The van der Waals surface area contributed by atoms with Gasteiger partial charge in [-0.25, -0.2) is 4.39 Å². The second-order valence-corrected chi connectivity index (χ2v) is 10.5. The highest BCUT2D eigenvalue weighted by atomic mass is 19.3. The van der Waals surface area contributed by atoms with Crippen molar-refractivity contribution in [3.8, 4) is 5.75 Å². The van der Waals surface area contributed by atoms with Crippen molar-refractivity contribution >= 4 is 0 Å². The number of piperidine rings is 1. The number of halogens is 3. The zero-order valence-electron chi connectivity index (χ0n) is 20.2. The Hall–Kier alpha value is -1.31. The Morgan fingerprint density at radius 2 is 1.62 bits per heavy atom. The molecule has 7 heteroatoms. The number of hydrogen-bond donors (Lipinski definition) is 0. The van der Waals surface area contributed by atoms with Crippen LogP contribution in [-0.4, -0.2) is 42.1 Å². The van der Waals surface area contributed by atoms with Crippen LogP contribution in [0.1, 0.15) is 84.6 Å². The van der Waals surface area contributed by atoms with Crippen LogP contribution in [0, 0.1) is 11.7 Å². The van der Waals surface area contributed by atoms with Crippen molar-refractivity contribution in [3.05, 3.63) is 29.6 Å². The van der Waals surface area contributed by atoms with Crippen molar-refractivity contribution in [3.63, 3.8) is 0 Å². The second-order valence-electron chi connectivity index (χ2n) is 10.5. The molecular formula is C25H38F3NO3. The highest BCUT2D eigenvalue weighted by molar-refractivity contribution is 5.32. The largest absolute Gasteiger partial charge is 0.432 e. The number of hydroxylamine groups is 2. The molecule has 2 aliphatic rings. The fraction of sp³-hybridized carbons (Fsp3) is 0.760. The first-order valence-electron chi connectivity index (χ1n) is 11.7. The number of benzene rings is 1. The van der Waals surface area contributed by atoms with Crippen molar-refractivity contribution in [1.29, 1.82) is 0 Å². The first kappa shape index (κ1) is 25.3. The van der Waals surface area contributed by atoms with Gasteiger partial charge in [0, 0.05) is 23.8 Å². The predicted octanol–water partition coefficient (Wildman–Crippen LogP) is 6.69. The van der Waals surface area contributed by atoms with E-state index in [4.69, 9.17) is 14.3 Å². The third-order valence-corrected chi connectivity index (χ3v) is 6.99. The standard InChI is InChI=1S/C25H38F3NO3/c1-7-31-19-10-8-18(9-11-19)25(27,28)32-20-12-13-21(22(26)14-20)17-15-23(2,3)29(30-6)24(4,5)16-17/h12-14,17-19H,7-11,15-16H2,1-6H3. The van der Waals surface area contributed by atoms with Gasteiger partial charge in [0.05, 0.1) is 19.1 Å². The third kappa shape index (κ3) is 5.42. The summed E-state index contributed by atoms with van der Waals surface area (Å²) < 4.78 is 55.2. The summed E-state index contributed by atoms with van der Waals surface area (Å²) >= 11 is 0. The van der Waals surface area contributed by atoms with Crippen LogP contribution in [0.15, 0.2) is 18.2 Å². The van der Waals surface area contributed by atoms with Gasteiger partial charge in [-0.1, -0.05) is 6.07 Å². The van der Waals surface area contributed by atoms with E-state index in [1.165, 1.54) is 6.07 Å². The summed E-state index contributed by atoms with van der Waals surface area (Å²) in [5.41, 5.74) is -0.0541. The van der Waals surface area contributed by atoms with Gasteiger partial charge >= 0.3 is 6.11 Å². The molecule has 1 heterocycles. The molecule has 4 nitrogen and oxygen atoms in total. The molecule has 0 bridgehead atoms. The minimum atomic E-state index is -3.33. The number of alkyl halides is 2. The minimum Gasteiger partial charge on any atom is -0.432 e. The molecule has 0 N–H and O–H groups in total. The summed E-state index contributed by atoms with van der Waals surface area (Å²) in [6.45, 7) is 10.8. The molecule has 3 rings (SSSR count). The van der Waals surface area contributed by atoms with E-state index in [0.29, 0.717) is 50.7 Å². The topological polar surface area (TPSA) is 30.9 Å². The second kappa shape index (κ2) is 9.51. The molecule has 0 amide bonds. The van der Waals surface area contributed by atoms with Gasteiger partial charge in [-0.3, -0.25) is 0 Å². The highest BCUT2D eigenvalue weighted by Gasteiger charge is 2.47. The average molecular weight is 458 g/mol. The maximum Gasteiger partial charge on any atom is 0.400 e. The molecule has 0 aromatic heterocycles. The van der Waals surface area contributed by atoms with Crippen molar-refractivity contribution in [2.24, 2.45) is 5.92 Å². The smallest absolute Gasteiger partial charge is 0.400 e. The van der Waals surface area contributed by atoms with Gasteiger partial charge < -0.3 is 14.3 Å². The van der Waals surface area contributed by atoms with E-state index >= 15 is 4.39 Å². The lowest BCUT2D eigenvalue weighted by molar-refractivity contribution is -0.266. The fourth-order valence-electron chi connectivity index (χ4n) is 5.92. The van der Waals surface area contributed by atoms with Gasteiger partial charge in [0.25, 0.3) is 0 Å². The van der Waals surface area contributed by atoms with Gasteiger partial charge in [-0.05, 0) is 90.7 Å². The Bertz CT molecular complexity index is 758. The Kier molecular flexibility index (Phi) is 7.52. The molecular weight excluding hydrogens is 419 g/mol. The molecule has 0 radical (unpaired) electrons. The van der Waals surface area contributed by atoms with E-state index < -0.39 is 17.8 Å². The number of hydrogen-bond acceptors (Lipinski definition) is 4. The molecule has 1 saturated carbocycles. The van der Waals surface area contributed by atoms with Crippen molar-refractivity contribution < 1.29 is 27.5 Å². The monoisotopic (exact) mass is 457 g/mol. The molecule has 0 atom stereocenters. The Balaban J connectivity index is 1.70. The first-order valence-corrected chi connectivity index (χ1v) is 11.7. The predicted molar refractivity (Wildman–Crippen MR) is 118 cm³/mol. The van der Waals surface area contributed by atoms with Crippen LogP contribution in [0.2, 0.25) is 0 Å². The van der Waals surface area contributed by atoms with E-state index in [0.717, 1.165) is 6.07 Å². The molecule has 1 aromatic carbocycles. The highest BCUT2D eigenvalue weighted by Crippen LogP contribution is 2.47. The molecule has 1 aliphatic heterocycles. The van der Waals surface area contributed by atoms with E-state index in [9.17, 15) is 8.78 Å². The maximum absolute atomic E-state index is 15.1. The molecule has 1 aliphatic carbocycles. The van der Waals surface area contributed by atoms with Gasteiger partial charge in [0.2, 0.25) is 0 Å². The van der Waals surface area contributed by atoms with E-state index in [1.54, 1.807) is 13.2 Å². The summed E-state index contributed by atoms with van der Waals surface area (Å²) in [5.74, 6) is -1.56.